The van der Waals surface area contributed by atoms with E-state index in [2.05, 4.69) is 11.4 Å². The number of hydrogen-bond acceptors (Lipinski definition) is 3. The molecule has 2 heterocycles. The fraction of sp³-hybridized carbons (Fsp3) is 0.429. The van der Waals surface area contributed by atoms with Crippen LogP contribution in [-0.4, -0.2) is 59.9 Å². The minimum atomic E-state index is -0.153. The molecule has 7 heteroatoms. The minimum absolute atomic E-state index is 0.0410. The van der Waals surface area contributed by atoms with Crippen LogP contribution >= 0.6 is 22.9 Å². The molecule has 5 nitrogen and oxygen atoms in total. The lowest BCUT2D eigenvalue weighted by molar-refractivity contribution is -0.134. The second kappa shape index (κ2) is 8.53. The van der Waals surface area contributed by atoms with E-state index in [1.807, 2.05) is 43.0 Å². The van der Waals surface area contributed by atoms with Gasteiger partial charge in [-0.3, -0.25) is 4.79 Å². The van der Waals surface area contributed by atoms with E-state index in [4.69, 9.17) is 11.6 Å². The Kier molecular flexibility index (Phi) is 6.30. The average Bonchev–Trinajstić information content (AvgIpc) is 3.13. The molecule has 0 N–H and O–H groups in total. The number of fused-ring (bicyclic) bond motifs is 1. The van der Waals surface area contributed by atoms with E-state index in [0.29, 0.717) is 11.6 Å². The monoisotopic (exact) mass is 419 g/mol. The predicted molar refractivity (Wildman–Crippen MR) is 114 cm³/mol. The summed E-state index contributed by atoms with van der Waals surface area (Å²) in [6.45, 7) is 4.57. The summed E-state index contributed by atoms with van der Waals surface area (Å²) in [4.78, 5) is 32.2. The van der Waals surface area contributed by atoms with Crippen molar-refractivity contribution in [2.45, 2.75) is 32.4 Å². The van der Waals surface area contributed by atoms with Gasteiger partial charge in [0.15, 0.2) is 0 Å². The first-order valence-corrected chi connectivity index (χ1v) is 10.6. The van der Waals surface area contributed by atoms with Crippen molar-refractivity contribution < 1.29 is 9.59 Å². The topological polar surface area (TPSA) is 43.9 Å². The molecule has 0 aliphatic carbocycles. The third kappa shape index (κ3) is 4.18. The molecule has 0 bridgehead atoms. The van der Waals surface area contributed by atoms with Gasteiger partial charge < -0.3 is 14.7 Å². The molecule has 0 fully saturated rings. The number of hydrogen-bond donors (Lipinski definition) is 0. The number of amides is 3. The van der Waals surface area contributed by atoms with E-state index in [0.717, 1.165) is 12.0 Å². The van der Waals surface area contributed by atoms with E-state index < -0.39 is 0 Å². The molecule has 1 aliphatic rings. The van der Waals surface area contributed by atoms with Crippen molar-refractivity contribution in [3.8, 4) is 0 Å². The molecule has 2 aromatic rings. The molecule has 0 spiro atoms. The first kappa shape index (κ1) is 20.7. The van der Waals surface area contributed by atoms with Gasteiger partial charge in [-0.25, -0.2) is 4.79 Å². The summed E-state index contributed by atoms with van der Waals surface area (Å²) in [7, 11) is 3.41. The highest BCUT2D eigenvalue weighted by Crippen LogP contribution is 2.38. The molecule has 0 saturated heterocycles. The second-order valence-electron chi connectivity index (χ2n) is 7.49. The molecular weight excluding hydrogens is 394 g/mol. The Morgan fingerprint density at radius 1 is 1.21 bits per heavy atom. The van der Waals surface area contributed by atoms with Crippen LogP contribution < -0.4 is 0 Å². The lowest BCUT2D eigenvalue weighted by atomic mass is 9.93. The van der Waals surface area contributed by atoms with Crippen LogP contribution in [0.3, 0.4) is 0 Å². The SMILES string of the molecule is CC(C)N(CC(=O)N1CCc2sccc2C1c1ccc(Cl)cc1)C(=O)N(C)C. The summed E-state index contributed by atoms with van der Waals surface area (Å²) < 4.78 is 0. The van der Waals surface area contributed by atoms with Crippen LogP contribution in [0, 0.1) is 0 Å². The first-order chi connectivity index (χ1) is 13.3. The fourth-order valence-electron chi connectivity index (χ4n) is 3.55. The Morgan fingerprint density at radius 3 is 2.50 bits per heavy atom. The molecule has 3 rings (SSSR count). The number of thiophene rings is 1. The standard InChI is InChI=1S/C21H26ClN3O2S/c1-14(2)25(21(27)23(3)4)13-19(26)24-11-9-18-17(10-12-28-18)20(24)15-5-7-16(22)8-6-15/h5-8,10,12,14,20H,9,11,13H2,1-4H3. The van der Waals surface area contributed by atoms with Crippen LogP contribution in [0.15, 0.2) is 35.7 Å². The van der Waals surface area contributed by atoms with Crippen LogP contribution in [0.5, 0.6) is 0 Å². The van der Waals surface area contributed by atoms with Crippen LogP contribution in [0.4, 0.5) is 4.79 Å². The van der Waals surface area contributed by atoms with Crippen LogP contribution in [0.2, 0.25) is 5.02 Å². The first-order valence-electron chi connectivity index (χ1n) is 9.38. The molecule has 28 heavy (non-hydrogen) atoms. The van der Waals surface area contributed by atoms with Crippen molar-refractivity contribution in [3.05, 3.63) is 56.7 Å². The molecule has 1 aromatic heterocycles. The van der Waals surface area contributed by atoms with Gasteiger partial charge in [0.1, 0.15) is 6.54 Å². The number of urea groups is 1. The molecule has 0 radical (unpaired) electrons. The van der Waals surface area contributed by atoms with E-state index in [-0.39, 0.29) is 30.6 Å². The molecular formula is C21H26ClN3O2S. The maximum atomic E-state index is 13.3. The van der Waals surface area contributed by atoms with E-state index in [1.165, 1.54) is 15.3 Å². The van der Waals surface area contributed by atoms with Gasteiger partial charge in [-0.2, -0.15) is 0 Å². The van der Waals surface area contributed by atoms with E-state index >= 15 is 0 Å². The van der Waals surface area contributed by atoms with Gasteiger partial charge in [-0.15, -0.1) is 11.3 Å². The van der Waals surface area contributed by atoms with Crippen molar-refractivity contribution in [1.82, 2.24) is 14.7 Å². The molecule has 3 amide bonds. The zero-order valence-electron chi connectivity index (χ0n) is 16.7. The number of carbonyl (C=O) groups is 2. The van der Waals surface area contributed by atoms with Crippen molar-refractivity contribution in [2.75, 3.05) is 27.2 Å². The Hall–Kier alpha value is -2.05. The number of nitrogens with zero attached hydrogens (tertiary/aromatic N) is 3. The summed E-state index contributed by atoms with van der Waals surface area (Å²) in [5.74, 6) is -0.0410. The van der Waals surface area contributed by atoms with Crippen molar-refractivity contribution in [2.24, 2.45) is 0 Å². The number of carbonyl (C=O) groups excluding carboxylic acids is 2. The van der Waals surface area contributed by atoms with Gasteiger partial charge in [0.25, 0.3) is 0 Å². The lowest BCUT2D eigenvalue weighted by Crippen LogP contribution is -2.51. The maximum absolute atomic E-state index is 13.3. The lowest BCUT2D eigenvalue weighted by Gasteiger charge is -2.38. The normalized spacial score (nSPS) is 16.1. The Morgan fingerprint density at radius 2 is 1.89 bits per heavy atom. The third-order valence-electron chi connectivity index (χ3n) is 5.03. The molecule has 0 saturated carbocycles. The summed E-state index contributed by atoms with van der Waals surface area (Å²) >= 11 is 7.80. The molecule has 1 atom stereocenters. The van der Waals surface area contributed by atoms with Crippen LogP contribution in [-0.2, 0) is 11.2 Å². The maximum Gasteiger partial charge on any atom is 0.320 e. The molecule has 1 aromatic carbocycles. The fourth-order valence-corrected chi connectivity index (χ4v) is 4.58. The second-order valence-corrected chi connectivity index (χ2v) is 8.93. The van der Waals surface area contributed by atoms with Gasteiger partial charge in [0, 0.05) is 36.6 Å². The highest BCUT2D eigenvalue weighted by molar-refractivity contribution is 7.10. The highest BCUT2D eigenvalue weighted by Gasteiger charge is 2.34. The Balaban J connectivity index is 1.91. The Bertz CT molecular complexity index is 848. The molecule has 1 unspecified atom stereocenters. The van der Waals surface area contributed by atoms with Gasteiger partial charge in [-0.05, 0) is 55.0 Å². The largest absolute Gasteiger partial charge is 0.331 e. The van der Waals surface area contributed by atoms with Crippen molar-refractivity contribution >= 4 is 34.9 Å². The summed E-state index contributed by atoms with van der Waals surface area (Å²) in [5, 5.41) is 2.75. The summed E-state index contributed by atoms with van der Waals surface area (Å²) in [5.41, 5.74) is 2.20. The molecule has 1 aliphatic heterocycles. The number of halogens is 1. The average molecular weight is 420 g/mol. The quantitative estimate of drug-likeness (QED) is 0.742. The van der Waals surface area contributed by atoms with Gasteiger partial charge in [0.05, 0.1) is 6.04 Å². The molecule has 150 valence electrons. The minimum Gasteiger partial charge on any atom is -0.331 e. The van der Waals surface area contributed by atoms with Gasteiger partial charge in [0.2, 0.25) is 5.91 Å². The predicted octanol–water partition coefficient (Wildman–Crippen LogP) is 4.27. The highest BCUT2D eigenvalue weighted by atomic mass is 35.5. The van der Waals surface area contributed by atoms with E-state index in [9.17, 15) is 9.59 Å². The number of rotatable bonds is 4. The van der Waals surface area contributed by atoms with Crippen molar-refractivity contribution in [3.63, 3.8) is 0 Å². The summed E-state index contributed by atoms with van der Waals surface area (Å²) in [6, 6.07) is 9.41. The smallest absolute Gasteiger partial charge is 0.320 e. The van der Waals surface area contributed by atoms with E-state index in [1.54, 1.807) is 30.3 Å². The van der Waals surface area contributed by atoms with Gasteiger partial charge in [-0.1, -0.05) is 23.7 Å². The van der Waals surface area contributed by atoms with Gasteiger partial charge >= 0.3 is 6.03 Å². The van der Waals surface area contributed by atoms with Crippen molar-refractivity contribution in [1.29, 1.82) is 0 Å². The van der Waals surface area contributed by atoms with Crippen LogP contribution in [0.25, 0.3) is 0 Å². The third-order valence-corrected chi connectivity index (χ3v) is 6.28. The summed E-state index contributed by atoms with van der Waals surface area (Å²) in [6.07, 6.45) is 0.839. The zero-order chi connectivity index (χ0) is 20.4. The number of benzene rings is 1. The Labute approximate surface area is 175 Å². The van der Waals surface area contributed by atoms with Crippen LogP contribution in [0.1, 0.15) is 35.9 Å². The zero-order valence-corrected chi connectivity index (χ0v) is 18.3.